The number of halogens is 2. The molecule has 23 heavy (non-hydrogen) atoms. The Morgan fingerprint density at radius 3 is 2.65 bits per heavy atom. The van der Waals surface area contributed by atoms with Crippen molar-refractivity contribution in [2.45, 2.75) is 17.1 Å². The number of amides is 2. The second-order valence-corrected chi connectivity index (χ2v) is 7.49. The van der Waals surface area contributed by atoms with Crippen LogP contribution < -0.4 is 10.6 Å². The van der Waals surface area contributed by atoms with Crippen LogP contribution in [0.2, 0.25) is 0 Å². The summed E-state index contributed by atoms with van der Waals surface area (Å²) in [6.07, 6.45) is 0.672. The van der Waals surface area contributed by atoms with Gasteiger partial charge in [0.15, 0.2) is 0 Å². The molecule has 2 N–H and O–H groups in total. The second kappa shape index (κ2) is 7.51. The molecule has 2 amide bonds. The molecule has 1 aromatic carbocycles. The number of alkyl halides is 2. The van der Waals surface area contributed by atoms with Gasteiger partial charge < -0.3 is 10.6 Å². The lowest BCUT2D eigenvalue weighted by atomic mass is 10.3. The molecule has 0 aliphatic rings. The number of sulfone groups is 1. The number of hydrogen-bond donors (Lipinski definition) is 2. The van der Waals surface area contributed by atoms with E-state index in [2.05, 4.69) is 10.6 Å². The predicted octanol–water partition coefficient (Wildman–Crippen LogP) is 3.11. The molecular formula is C14H14F2N2O3S2. The van der Waals surface area contributed by atoms with Crippen molar-refractivity contribution in [1.29, 1.82) is 0 Å². The number of thiophene rings is 1. The van der Waals surface area contributed by atoms with Gasteiger partial charge in [0.2, 0.25) is 9.84 Å². The Labute approximate surface area is 136 Å². The average Bonchev–Trinajstić information content (AvgIpc) is 3.00. The summed E-state index contributed by atoms with van der Waals surface area (Å²) in [7, 11) is -4.69. The minimum atomic E-state index is -4.69. The van der Waals surface area contributed by atoms with E-state index in [1.807, 2.05) is 17.5 Å². The van der Waals surface area contributed by atoms with Gasteiger partial charge in [0.05, 0.1) is 4.90 Å². The van der Waals surface area contributed by atoms with Crippen molar-refractivity contribution in [2.75, 3.05) is 11.9 Å². The summed E-state index contributed by atoms with van der Waals surface area (Å²) in [6.45, 7) is 0.404. The first kappa shape index (κ1) is 17.4. The summed E-state index contributed by atoms with van der Waals surface area (Å²) >= 11 is 1.58. The third kappa shape index (κ3) is 4.73. The number of urea groups is 1. The molecule has 2 aromatic rings. The number of carbonyl (C=O) groups is 1. The maximum absolute atomic E-state index is 12.5. The smallest absolute Gasteiger partial charge is 0.338 e. The lowest BCUT2D eigenvalue weighted by molar-refractivity contribution is 0.235. The maximum Gasteiger partial charge on any atom is 0.341 e. The summed E-state index contributed by atoms with van der Waals surface area (Å²) in [5, 5.41) is 6.96. The van der Waals surface area contributed by atoms with Crippen LogP contribution in [0.25, 0.3) is 0 Å². The summed E-state index contributed by atoms with van der Waals surface area (Å²) < 4.78 is 47.8. The van der Waals surface area contributed by atoms with Crippen molar-refractivity contribution in [3.8, 4) is 0 Å². The van der Waals surface area contributed by atoms with Crippen molar-refractivity contribution < 1.29 is 22.0 Å². The zero-order valence-electron chi connectivity index (χ0n) is 11.8. The molecular weight excluding hydrogens is 346 g/mol. The number of nitrogens with one attached hydrogen (secondary N) is 2. The third-order valence-corrected chi connectivity index (χ3v) is 5.21. The van der Waals surface area contributed by atoms with Crippen LogP contribution in [0.15, 0.2) is 46.7 Å². The van der Waals surface area contributed by atoms with Gasteiger partial charge in [-0.05, 0) is 36.1 Å². The van der Waals surface area contributed by atoms with Crippen LogP contribution in [-0.4, -0.2) is 26.8 Å². The zero-order valence-corrected chi connectivity index (χ0v) is 13.5. The zero-order chi connectivity index (χ0) is 16.9. The topological polar surface area (TPSA) is 75.3 Å². The lowest BCUT2D eigenvalue weighted by Gasteiger charge is -2.09. The molecule has 9 heteroatoms. The number of carbonyl (C=O) groups excluding carboxylic acids is 1. The van der Waals surface area contributed by atoms with Gasteiger partial charge in [-0.25, -0.2) is 13.2 Å². The second-order valence-electron chi connectivity index (χ2n) is 4.54. The molecule has 0 aliphatic carbocycles. The number of rotatable bonds is 6. The van der Waals surface area contributed by atoms with E-state index in [0.717, 1.165) is 17.0 Å². The Morgan fingerprint density at radius 2 is 2.00 bits per heavy atom. The maximum atomic E-state index is 12.5. The van der Waals surface area contributed by atoms with E-state index in [9.17, 15) is 22.0 Å². The molecule has 0 spiro atoms. The quantitative estimate of drug-likeness (QED) is 0.831. The fourth-order valence-corrected chi connectivity index (χ4v) is 3.26. The highest BCUT2D eigenvalue weighted by atomic mass is 32.2. The van der Waals surface area contributed by atoms with Crippen molar-refractivity contribution in [3.63, 3.8) is 0 Å². The molecule has 0 radical (unpaired) electrons. The van der Waals surface area contributed by atoms with Crippen LogP contribution in [-0.2, 0) is 16.3 Å². The highest BCUT2D eigenvalue weighted by Crippen LogP contribution is 2.21. The first-order chi connectivity index (χ1) is 10.9. The number of benzene rings is 1. The molecule has 2 rings (SSSR count). The molecule has 0 saturated carbocycles. The van der Waals surface area contributed by atoms with Crippen molar-refractivity contribution in [1.82, 2.24) is 5.32 Å². The average molecular weight is 360 g/mol. The highest BCUT2D eigenvalue weighted by molar-refractivity contribution is 7.91. The summed E-state index contributed by atoms with van der Waals surface area (Å²) in [5.74, 6) is -3.50. The molecule has 0 aliphatic heterocycles. The summed E-state index contributed by atoms with van der Waals surface area (Å²) in [4.78, 5) is 12.3. The number of anilines is 1. The molecule has 0 atom stereocenters. The van der Waals surface area contributed by atoms with E-state index < -0.39 is 26.5 Å². The van der Waals surface area contributed by atoms with Crippen molar-refractivity contribution in [3.05, 3.63) is 46.7 Å². The Bertz CT molecular complexity index is 762. The van der Waals surface area contributed by atoms with Gasteiger partial charge in [0.25, 0.3) is 0 Å². The van der Waals surface area contributed by atoms with E-state index >= 15 is 0 Å². The summed E-state index contributed by atoms with van der Waals surface area (Å²) in [6, 6.07) is 8.09. The van der Waals surface area contributed by atoms with Gasteiger partial charge in [0, 0.05) is 17.1 Å². The van der Waals surface area contributed by atoms with Gasteiger partial charge in [-0.2, -0.15) is 8.78 Å². The van der Waals surface area contributed by atoms with Gasteiger partial charge in [-0.1, -0.05) is 12.1 Å². The van der Waals surface area contributed by atoms with Crippen molar-refractivity contribution >= 4 is 32.9 Å². The third-order valence-electron chi connectivity index (χ3n) is 2.89. The van der Waals surface area contributed by atoms with Gasteiger partial charge in [-0.15, -0.1) is 11.3 Å². The van der Waals surface area contributed by atoms with Gasteiger partial charge >= 0.3 is 11.8 Å². The van der Waals surface area contributed by atoms with Crippen LogP contribution in [0.1, 0.15) is 4.88 Å². The molecule has 0 unspecified atom stereocenters. The largest absolute Gasteiger partial charge is 0.341 e. The normalized spacial score (nSPS) is 11.4. The Balaban J connectivity index is 1.93. The van der Waals surface area contributed by atoms with Crippen LogP contribution in [0.4, 0.5) is 19.3 Å². The van der Waals surface area contributed by atoms with E-state index in [-0.39, 0.29) is 5.69 Å². The van der Waals surface area contributed by atoms with E-state index in [0.29, 0.717) is 13.0 Å². The van der Waals surface area contributed by atoms with Crippen molar-refractivity contribution in [2.24, 2.45) is 0 Å². The summed E-state index contributed by atoms with van der Waals surface area (Å²) in [5.41, 5.74) is 0.125. The number of hydrogen-bond acceptors (Lipinski definition) is 4. The van der Waals surface area contributed by atoms with E-state index in [1.54, 1.807) is 11.3 Å². The lowest BCUT2D eigenvalue weighted by Crippen LogP contribution is -2.30. The van der Waals surface area contributed by atoms with E-state index in [4.69, 9.17) is 0 Å². The van der Waals surface area contributed by atoms with Crippen LogP contribution >= 0.6 is 11.3 Å². The predicted molar refractivity (Wildman–Crippen MR) is 84.7 cm³/mol. The first-order valence-electron chi connectivity index (χ1n) is 6.59. The van der Waals surface area contributed by atoms with Crippen LogP contribution in [0, 0.1) is 0 Å². The molecule has 1 aromatic heterocycles. The minimum Gasteiger partial charge on any atom is -0.338 e. The SMILES string of the molecule is O=C(NCCc1cccs1)Nc1cccc(S(=O)(=O)C(F)F)c1. The fraction of sp³-hybridized carbons (Fsp3) is 0.214. The van der Waals surface area contributed by atoms with Gasteiger partial charge in [0.1, 0.15) is 0 Å². The minimum absolute atomic E-state index is 0.125. The van der Waals surface area contributed by atoms with Crippen LogP contribution in [0.5, 0.6) is 0 Å². The molecule has 0 bridgehead atoms. The fourth-order valence-electron chi connectivity index (χ4n) is 1.78. The molecule has 124 valence electrons. The Morgan fingerprint density at radius 1 is 1.22 bits per heavy atom. The Hall–Kier alpha value is -2.00. The molecule has 1 heterocycles. The van der Waals surface area contributed by atoms with Crippen LogP contribution in [0.3, 0.4) is 0 Å². The Kier molecular flexibility index (Phi) is 5.67. The van der Waals surface area contributed by atoms with Gasteiger partial charge in [-0.3, -0.25) is 0 Å². The monoisotopic (exact) mass is 360 g/mol. The molecule has 0 fully saturated rings. The highest BCUT2D eigenvalue weighted by Gasteiger charge is 2.26. The standard InChI is InChI=1S/C14H14F2N2O3S2/c15-13(16)23(20,21)12-5-1-3-10(9-12)18-14(19)17-7-6-11-4-2-8-22-11/h1-5,8-9,13H,6-7H2,(H2,17,18,19). The molecule has 5 nitrogen and oxygen atoms in total. The first-order valence-corrected chi connectivity index (χ1v) is 9.01. The van der Waals surface area contributed by atoms with E-state index in [1.165, 1.54) is 12.1 Å². The molecule has 0 saturated heterocycles.